The summed E-state index contributed by atoms with van der Waals surface area (Å²) in [5.41, 5.74) is 3.79. The van der Waals surface area contributed by atoms with Crippen molar-refractivity contribution < 1.29 is 41.1 Å². The molecule has 9 rings (SSSR count). The summed E-state index contributed by atoms with van der Waals surface area (Å²) in [4.78, 5) is 56.8. The molecule has 1 saturated heterocycles. The second-order valence-corrected chi connectivity index (χ2v) is 24.6. The molecule has 432 valence electrons. The number of anilines is 2. The van der Waals surface area contributed by atoms with E-state index in [-0.39, 0.29) is 38.6 Å². The van der Waals surface area contributed by atoms with Crippen LogP contribution in [0.15, 0.2) is 186 Å². The summed E-state index contributed by atoms with van der Waals surface area (Å²) in [6.07, 6.45) is 2.83. The number of carboxylic acids is 1. The molecule has 8 aromatic carbocycles. The molecule has 1 atom stereocenters. The van der Waals surface area contributed by atoms with Gasteiger partial charge in [0, 0.05) is 68.5 Å². The normalized spacial score (nSPS) is 13.4. The highest BCUT2D eigenvalue weighted by molar-refractivity contribution is 7.89. The molecule has 3 amide bonds. The Balaban J connectivity index is 0.000000242. The van der Waals surface area contributed by atoms with Crippen molar-refractivity contribution in [1.29, 1.82) is 0 Å². The predicted molar refractivity (Wildman–Crippen MR) is 330 cm³/mol. The maximum Gasteiger partial charge on any atom is 0.337 e. The standard InChI is InChI=1S/C41H43ClN4O4S.C24H26N2O5S/c1-3-22-46(23-4-2)51(49,50)36-20-16-32(17-21-36)40(47)43-38-29-34-13-9-8-12-33(34)28-37(38)41(48)45-26-24-44(25-27-45)39(30-10-6-5-7-11-30)31-14-18-35(42)19-15-31;1-3-13-26(14-4-2)32(30,31)20-11-9-17(10-12-20)23(27)25-22-16-19-8-6-5-7-18(19)15-21(22)24(28)29/h5-21,28-29,39H,3-4,22-27H2,1-2H3,(H,43,47);5-12,15-16H,3-4,13-14H2,1-2H3,(H,25,27)(H,28,29). The SMILES string of the molecule is CCCN(CCC)S(=O)(=O)c1ccc(C(=O)Nc2cc3ccccc3cc2C(=O)N2CCN(C(c3ccccc3)c3ccc(Cl)cc3)CC2)cc1.CCCN(CCC)S(=O)(=O)c1ccc(C(=O)Nc2cc3ccccc3cc2C(=O)O)cc1. The minimum Gasteiger partial charge on any atom is -0.478 e. The van der Waals surface area contributed by atoms with Gasteiger partial charge in [0.2, 0.25) is 20.0 Å². The van der Waals surface area contributed by atoms with Crippen molar-refractivity contribution in [3.63, 3.8) is 0 Å². The quantitative estimate of drug-likeness (QED) is 0.0623. The maximum absolute atomic E-state index is 14.2. The van der Waals surface area contributed by atoms with E-state index < -0.39 is 37.8 Å². The van der Waals surface area contributed by atoms with Crippen molar-refractivity contribution in [1.82, 2.24) is 18.4 Å². The van der Waals surface area contributed by atoms with Gasteiger partial charge in [-0.15, -0.1) is 0 Å². The summed E-state index contributed by atoms with van der Waals surface area (Å²) in [5, 5.41) is 19.2. The van der Waals surface area contributed by atoms with Gasteiger partial charge >= 0.3 is 5.97 Å². The first-order valence-electron chi connectivity index (χ1n) is 27.9. The summed E-state index contributed by atoms with van der Waals surface area (Å²) in [6, 6.07) is 51.7. The highest BCUT2D eigenvalue weighted by atomic mass is 35.5. The number of amides is 3. The Morgan fingerprint density at radius 2 is 0.867 bits per heavy atom. The van der Waals surface area contributed by atoms with Gasteiger partial charge in [0.05, 0.1) is 38.3 Å². The van der Waals surface area contributed by atoms with Crippen LogP contribution in [0.2, 0.25) is 5.02 Å². The summed E-state index contributed by atoms with van der Waals surface area (Å²) in [7, 11) is -7.33. The zero-order chi connectivity index (χ0) is 59.3. The first kappa shape index (κ1) is 61.3. The molecular formula is C65H69ClN6O9S2. The monoisotopic (exact) mass is 1180 g/mol. The fourth-order valence-corrected chi connectivity index (χ4v) is 13.6. The Morgan fingerprint density at radius 1 is 0.494 bits per heavy atom. The van der Waals surface area contributed by atoms with E-state index in [1.165, 1.54) is 68.8 Å². The summed E-state index contributed by atoms with van der Waals surface area (Å²) >= 11 is 6.22. The molecule has 8 aromatic rings. The van der Waals surface area contributed by atoms with Gasteiger partial charge in [0.25, 0.3) is 17.7 Å². The summed E-state index contributed by atoms with van der Waals surface area (Å²) < 4.78 is 55.2. The number of hydrogen-bond donors (Lipinski definition) is 3. The lowest BCUT2D eigenvalue weighted by atomic mass is 9.96. The van der Waals surface area contributed by atoms with Crippen LogP contribution in [0, 0.1) is 0 Å². The molecule has 1 heterocycles. The molecule has 0 radical (unpaired) electrons. The third-order valence-electron chi connectivity index (χ3n) is 14.4. The number of benzene rings is 8. The first-order chi connectivity index (χ1) is 40.0. The van der Waals surface area contributed by atoms with Gasteiger partial charge in [-0.25, -0.2) is 21.6 Å². The van der Waals surface area contributed by atoms with Crippen LogP contribution in [-0.4, -0.2) is 116 Å². The van der Waals surface area contributed by atoms with Crippen LogP contribution in [0.4, 0.5) is 11.4 Å². The van der Waals surface area contributed by atoms with E-state index in [1.54, 1.807) is 12.1 Å². The number of carbonyl (C=O) groups is 4. The van der Waals surface area contributed by atoms with Crippen LogP contribution in [0.3, 0.4) is 0 Å². The van der Waals surface area contributed by atoms with Crippen molar-refractivity contribution >= 4 is 88.3 Å². The fraction of sp³-hybridized carbons (Fsp3) is 0.262. The second kappa shape index (κ2) is 28.0. The number of carboxylic acid groups (broad SMARTS) is 1. The van der Waals surface area contributed by atoms with Gasteiger partial charge in [-0.2, -0.15) is 8.61 Å². The number of halogens is 1. The molecule has 0 aromatic heterocycles. The Bertz CT molecular complexity index is 3790. The van der Waals surface area contributed by atoms with Crippen LogP contribution >= 0.6 is 11.6 Å². The van der Waals surface area contributed by atoms with E-state index in [0.717, 1.165) is 27.1 Å². The lowest BCUT2D eigenvalue weighted by Gasteiger charge is -2.40. The van der Waals surface area contributed by atoms with E-state index in [0.29, 0.717) is 99.9 Å². The van der Waals surface area contributed by atoms with Crippen LogP contribution in [0.5, 0.6) is 0 Å². The zero-order valence-electron chi connectivity index (χ0n) is 47.0. The third kappa shape index (κ3) is 14.7. The van der Waals surface area contributed by atoms with Gasteiger partial charge in [-0.3, -0.25) is 19.3 Å². The number of nitrogens with one attached hydrogen (secondary N) is 2. The molecule has 0 bridgehead atoms. The average molecular weight is 1180 g/mol. The molecular weight excluding hydrogens is 1110 g/mol. The first-order valence-corrected chi connectivity index (χ1v) is 31.2. The van der Waals surface area contributed by atoms with Gasteiger partial charge in [-0.1, -0.05) is 130 Å². The zero-order valence-corrected chi connectivity index (χ0v) is 49.4. The van der Waals surface area contributed by atoms with Crippen molar-refractivity contribution in [2.75, 3.05) is 63.0 Å². The van der Waals surface area contributed by atoms with E-state index in [1.807, 2.05) is 118 Å². The molecule has 15 nitrogen and oxygen atoms in total. The lowest BCUT2D eigenvalue weighted by molar-refractivity contribution is 0.0597. The van der Waals surface area contributed by atoms with Crippen molar-refractivity contribution in [2.45, 2.75) is 69.2 Å². The molecule has 1 aliphatic rings. The number of carbonyl (C=O) groups excluding carboxylic acids is 3. The highest BCUT2D eigenvalue weighted by Crippen LogP contribution is 2.33. The minimum atomic E-state index is -3.68. The van der Waals surface area contributed by atoms with E-state index in [4.69, 9.17) is 11.6 Å². The molecule has 1 fully saturated rings. The van der Waals surface area contributed by atoms with Gasteiger partial charge < -0.3 is 20.6 Å². The number of hydrogen-bond acceptors (Lipinski definition) is 9. The Labute approximate surface area is 491 Å². The summed E-state index contributed by atoms with van der Waals surface area (Å²) in [5.74, 6) is -2.27. The minimum absolute atomic E-state index is 0.0129. The highest BCUT2D eigenvalue weighted by Gasteiger charge is 2.31. The molecule has 83 heavy (non-hydrogen) atoms. The topological polar surface area (TPSA) is 194 Å². The number of sulfonamides is 2. The molecule has 3 N–H and O–H groups in total. The number of piperazine rings is 1. The molecule has 0 saturated carbocycles. The average Bonchev–Trinajstić information content (AvgIpc) is 3.70. The Morgan fingerprint density at radius 3 is 1.28 bits per heavy atom. The predicted octanol–water partition coefficient (Wildman–Crippen LogP) is 12.7. The van der Waals surface area contributed by atoms with Crippen molar-refractivity contribution in [2.24, 2.45) is 0 Å². The molecule has 0 spiro atoms. The van der Waals surface area contributed by atoms with E-state index >= 15 is 0 Å². The summed E-state index contributed by atoms with van der Waals surface area (Å²) in [6.45, 7) is 11.8. The maximum atomic E-state index is 14.2. The van der Waals surface area contributed by atoms with Crippen LogP contribution in [0.1, 0.15) is 112 Å². The molecule has 0 aliphatic carbocycles. The van der Waals surface area contributed by atoms with E-state index in [9.17, 15) is 41.1 Å². The number of rotatable bonds is 21. The number of aromatic carboxylic acids is 1. The molecule has 18 heteroatoms. The molecule has 1 aliphatic heterocycles. The number of fused-ring (bicyclic) bond motifs is 2. The Kier molecular flexibility index (Phi) is 20.7. The van der Waals surface area contributed by atoms with Gasteiger partial charge in [-0.05, 0) is 143 Å². The lowest BCUT2D eigenvalue weighted by Crippen LogP contribution is -2.50. The Hall–Kier alpha value is -7.77. The van der Waals surface area contributed by atoms with Gasteiger partial charge in [0.15, 0.2) is 0 Å². The van der Waals surface area contributed by atoms with Crippen LogP contribution < -0.4 is 10.6 Å². The van der Waals surface area contributed by atoms with Crippen LogP contribution in [0.25, 0.3) is 21.5 Å². The van der Waals surface area contributed by atoms with Gasteiger partial charge in [0.1, 0.15) is 0 Å². The fourth-order valence-electron chi connectivity index (χ4n) is 10.2. The number of nitrogens with zero attached hydrogens (tertiary/aromatic N) is 4. The third-order valence-corrected chi connectivity index (χ3v) is 18.5. The van der Waals surface area contributed by atoms with Crippen molar-refractivity contribution in [3.8, 4) is 0 Å². The second-order valence-electron chi connectivity index (χ2n) is 20.3. The van der Waals surface area contributed by atoms with Crippen LogP contribution in [-0.2, 0) is 20.0 Å². The smallest absolute Gasteiger partial charge is 0.337 e. The molecule has 1 unspecified atom stereocenters. The van der Waals surface area contributed by atoms with E-state index in [2.05, 4.69) is 39.8 Å². The largest absolute Gasteiger partial charge is 0.478 e. The van der Waals surface area contributed by atoms with Crippen molar-refractivity contribution in [3.05, 3.63) is 214 Å².